The summed E-state index contributed by atoms with van der Waals surface area (Å²) >= 11 is 0. The summed E-state index contributed by atoms with van der Waals surface area (Å²) in [7, 11) is 0. The molecule has 0 saturated heterocycles. The second-order valence-corrected chi connectivity index (χ2v) is 8.37. The Bertz CT molecular complexity index is 1140. The number of aryl methyl sites for hydroxylation is 1. The summed E-state index contributed by atoms with van der Waals surface area (Å²) in [6.45, 7) is 3.93. The van der Waals surface area contributed by atoms with E-state index in [2.05, 4.69) is 5.32 Å². The third-order valence-electron chi connectivity index (χ3n) is 6.49. The Morgan fingerprint density at radius 3 is 1.78 bits per heavy atom. The van der Waals surface area contributed by atoms with Crippen molar-refractivity contribution in [1.82, 2.24) is 0 Å². The van der Waals surface area contributed by atoms with E-state index in [1.165, 1.54) is 0 Å². The number of hydrogen-bond donors (Lipinski definition) is 1. The van der Waals surface area contributed by atoms with Gasteiger partial charge in [0.15, 0.2) is 0 Å². The molecule has 3 aromatic carbocycles. The molecule has 162 valence electrons. The molecule has 4 nitrogen and oxygen atoms in total. The van der Waals surface area contributed by atoms with Crippen LogP contribution in [0, 0.1) is 25.7 Å². The molecule has 1 aliphatic rings. The van der Waals surface area contributed by atoms with Crippen molar-refractivity contribution in [2.24, 2.45) is 11.8 Å². The number of carboxylic acids is 1. The molecule has 32 heavy (non-hydrogen) atoms. The molecule has 1 aliphatic carbocycles. The average molecular weight is 425 g/mol. The van der Waals surface area contributed by atoms with Gasteiger partial charge in [0, 0.05) is 29.4 Å². The lowest BCUT2D eigenvalue weighted by Gasteiger charge is -2.40. The van der Waals surface area contributed by atoms with Crippen LogP contribution in [0.15, 0.2) is 91.0 Å². The standard InChI is InChI=1S/C28H27NO3/c1-18-10-9-15-24(19(18)2)29-27(30)25-22(20-11-5-3-6-12-20)16-17-23(26(25)28(31)32)21-13-7-4-8-14-21/h3-17,22-23,25-26H,1-2H3,(H,29,30)(H,31,32)/p-1/t22-,23-,25-,26+/m1/s1. The molecule has 0 aliphatic heterocycles. The predicted molar refractivity (Wildman–Crippen MR) is 124 cm³/mol. The van der Waals surface area contributed by atoms with Crippen molar-refractivity contribution in [1.29, 1.82) is 0 Å². The minimum Gasteiger partial charge on any atom is -0.550 e. The zero-order valence-corrected chi connectivity index (χ0v) is 18.2. The van der Waals surface area contributed by atoms with E-state index in [0.717, 1.165) is 22.3 Å². The highest BCUT2D eigenvalue weighted by Gasteiger charge is 2.42. The number of amides is 1. The lowest BCUT2D eigenvalue weighted by atomic mass is 9.66. The van der Waals surface area contributed by atoms with E-state index in [1.807, 2.05) is 105 Å². The van der Waals surface area contributed by atoms with Crippen LogP contribution in [0.4, 0.5) is 5.69 Å². The first-order valence-electron chi connectivity index (χ1n) is 10.8. The number of anilines is 1. The van der Waals surface area contributed by atoms with Gasteiger partial charge in [0.2, 0.25) is 5.91 Å². The molecule has 0 radical (unpaired) electrons. The lowest BCUT2D eigenvalue weighted by Crippen LogP contribution is -2.47. The number of rotatable bonds is 5. The summed E-state index contributed by atoms with van der Waals surface area (Å²) in [4.78, 5) is 26.1. The molecule has 0 spiro atoms. The third kappa shape index (κ3) is 4.22. The molecule has 4 atom stereocenters. The number of benzene rings is 3. The van der Waals surface area contributed by atoms with Crippen molar-refractivity contribution in [3.8, 4) is 0 Å². The van der Waals surface area contributed by atoms with Crippen molar-refractivity contribution in [2.75, 3.05) is 5.32 Å². The van der Waals surface area contributed by atoms with Gasteiger partial charge in [-0.3, -0.25) is 4.79 Å². The van der Waals surface area contributed by atoms with Gasteiger partial charge >= 0.3 is 0 Å². The molecular weight excluding hydrogens is 398 g/mol. The van der Waals surface area contributed by atoms with E-state index in [-0.39, 0.29) is 11.8 Å². The van der Waals surface area contributed by atoms with Crippen molar-refractivity contribution in [2.45, 2.75) is 25.7 Å². The summed E-state index contributed by atoms with van der Waals surface area (Å²) in [5.74, 6) is -4.17. The molecule has 1 amide bonds. The highest BCUT2D eigenvalue weighted by atomic mass is 16.4. The van der Waals surface area contributed by atoms with Gasteiger partial charge in [-0.2, -0.15) is 0 Å². The molecule has 3 aromatic rings. The van der Waals surface area contributed by atoms with Crippen LogP contribution in [0.2, 0.25) is 0 Å². The van der Waals surface area contributed by atoms with Gasteiger partial charge in [0.05, 0.1) is 5.92 Å². The van der Waals surface area contributed by atoms with Gasteiger partial charge in [-0.25, -0.2) is 0 Å². The molecule has 4 rings (SSSR count). The van der Waals surface area contributed by atoms with Crippen LogP contribution in [0.3, 0.4) is 0 Å². The second kappa shape index (κ2) is 9.23. The average Bonchev–Trinajstić information content (AvgIpc) is 2.82. The van der Waals surface area contributed by atoms with Gasteiger partial charge in [-0.15, -0.1) is 0 Å². The molecule has 0 fully saturated rings. The number of carbonyl (C=O) groups is 2. The van der Waals surface area contributed by atoms with Crippen LogP contribution in [-0.2, 0) is 9.59 Å². The summed E-state index contributed by atoms with van der Waals surface area (Å²) in [6.07, 6.45) is 3.88. The second-order valence-electron chi connectivity index (χ2n) is 8.37. The Hall–Kier alpha value is -3.66. The summed E-state index contributed by atoms with van der Waals surface area (Å²) in [6, 6.07) is 24.7. The van der Waals surface area contributed by atoms with Gasteiger partial charge in [0.25, 0.3) is 0 Å². The molecule has 0 aromatic heterocycles. The summed E-state index contributed by atoms with van der Waals surface area (Å²) < 4.78 is 0. The van der Waals surface area contributed by atoms with E-state index >= 15 is 0 Å². The zero-order valence-electron chi connectivity index (χ0n) is 18.2. The summed E-state index contributed by atoms with van der Waals surface area (Å²) in [5, 5.41) is 15.5. The summed E-state index contributed by atoms with van der Waals surface area (Å²) in [5.41, 5.74) is 4.49. The number of carbonyl (C=O) groups excluding carboxylic acids is 2. The van der Waals surface area contributed by atoms with Crippen molar-refractivity contribution in [3.63, 3.8) is 0 Å². The van der Waals surface area contributed by atoms with Crippen LogP contribution in [0.5, 0.6) is 0 Å². The van der Waals surface area contributed by atoms with Crippen LogP contribution >= 0.6 is 0 Å². The van der Waals surface area contributed by atoms with Gasteiger partial charge < -0.3 is 15.2 Å². The van der Waals surface area contributed by atoms with Gasteiger partial charge in [-0.1, -0.05) is 84.9 Å². The van der Waals surface area contributed by atoms with E-state index < -0.39 is 23.7 Å². The Morgan fingerprint density at radius 2 is 1.25 bits per heavy atom. The largest absolute Gasteiger partial charge is 0.550 e. The van der Waals surface area contributed by atoms with Crippen molar-refractivity contribution in [3.05, 3.63) is 113 Å². The maximum Gasteiger partial charge on any atom is 0.229 e. The number of carboxylic acid groups (broad SMARTS) is 1. The van der Waals surface area contributed by atoms with Crippen LogP contribution in [0.1, 0.15) is 34.1 Å². The lowest BCUT2D eigenvalue weighted by molar-refractivity contribution is -0.313. The molecular formula is C28H26NO3-. The third-order valence-corrected chi connectivity index (χ3v) is 6.49. The first-order valence-corrected chi connectivity index (χ1v) is 10.8. The topological polar surface area (TPSA) is 69.2 Å². The molecule has 0 saturated carbocycles. The first-order chi connectivity index (χ1) is 15.5. The van der Waals surface area contributed by atoms with Gasteiger partial charge in [-0.05, 0) is 42.2 Å². The van der Waals surface area contributed by atoms with Crippen LogP contribution in [0.25, 0.3) is 0 Å². The minimum atomic E-state index is -1.22. The first kappa shape index (κ1) is 21.6. The van der Waals surface area contributed by atoms with Gasteiger partial charge in [0.1, 0.15) is 0 Å². The highest BCUT2D eigenvalue weighted by molar-refractivity contribution is 5.97. The Balaban J connectivity index is 1.79. The quantitative estimate of drug-likeness (QED) is 0.619. The van der Waals surface area contributed by atoms with E-state index in [4.69, 9.17) is 0 Å². The SMILES string of the molecule is Cc1cccc(NC(=O)[C@H]2[C@@H](C(=O)[O-])[C@@H](c3ccccc3)C=C[C@@H]2c2ccccc2)c1C. The highest BCUT2D eigenvalue weighted by Crippen LogP contribution is 2.44. The van der Waals surface area contributed by atoms with Crippen LogP contribution < -0.4 is 10.4 Å². The molecule has 0 heterocycles. The smallest absolute Gasteiger partial charge is 0.229 e. The minimum absolute atomic E-state index is 0.313. The maximum atomic E-state index is 13.7. The predicted octanol–water partition coefficient (Wildman–Crippen LogP) is 4.36. The number of aliphatic carboxylic acids is 1. The van der Waals surface area contributed by atoms with E-state index in [0.29, 0.717) is 5.69 Å². The molecule has 4 heteroatoms. The Morgan fingerprint density at radius 1 is 0.719 bits per heavy atom. The zero-order chi connectivity index (χ0) is 22.7. The fraction of sp³-hybridized carbons (Fsp3) is 0.214. The molecule has 0 bridgehead atoms. The molecule has 1 N–H and O–H groups in total. The number of allylic oxidation sites excluding steroid dienone is 2. The Kier molecular flexibility index (Phi) is 6.22. The Labute approximate surface area is 188 Å². The van der Waals surface area contributed by atoms with E-state index in [9.17, 15) is 14.7 Å². The fourth-order valence-electron chi connectivity index (χ4n) is 4.63. The normalized spacial score (nSPS) is 22.3. The number of hydrogen-bond acceptors (Lipinski definition) is 3. The fourth-order valence-corrected chi connectivity index (χ4v) is 4.63. The van der Waals surface area contributed by atoms with Crippen molar-refractivity contribution >= 4 is 17.6 Å². The number of nitrogens with one attached hydrogen (secondary N) is 1. The monoisotopic (exact) mass is 424 g/mol. The van der Waals surface area contributed by atoms with Crippen molar-refractivity contribution < 1.29 is 14.7 Å². The molecule has 0 unspecified atom stereocenters. The maximum absolute atomic E-state index is 13.7. The van der Waals surface area contributed by atoms with Crippen LogP contribution in [-0.4, -0.2) is 11.9 Å². The van der Waals surface area contributed by atoms with E-state index in [1.54, 1.807) is 0 Å².